The molecule has 0 atom stereocenters. The van der Waals surface area contributed by atoms with Crippen LogP contribution >= 0.6 is 11.3 Å². The summed E-state index contributed by atoms with van der Waals surface area (Å²) in [7, 11) is 0. The van der Waals surface area contributed by atoms with Gasteiger partial charge in [0.2, 0.25) is 0 Å². The van der Waals surface area contributed by atoms with Crippen LogP contribution < -0.4 is 5.73 Å². The van der Waals surface area contributed by atoms with E-state index in [1.165, 1.54) is 43.7 Å². The molecule has 112 valence electrons. The molecule has 2 N–H and O–H groups in total. The summed E-state index contributed by atoms with van der Waals surface area (Å²) >= 11 is 1.41. The SMILES string of the molecule is NC(=O)c1csc(-c2cnn(CCN3CCCCC3)c2)n1. The normalized spacial score (nSPS) is 16.2. The van der Waals surface area contributed by atoms with Gasteiger partial charge in [-0.15, -0.1) is 11.3 Å². The minimum Gasteiger partial charge on any atom is -0.364 e. The first-order chi connectivity index (χ1) is 10.2. The molecule has 0 spiro atoms. The number of nitrogens with two attached hydrogens (primary N) is 1. The van der Waals surface area contributed by atoms with Crippen LogP contribution in [0, 0.1) is 0 Å². The number of amides is 1. The quantitative estimate of drug-likeness (QED) is 0.910. The molecule has 7 heteroatoms. The summed E-state index contributed by atoms with van der Waals surface area (Å²) < 4.78 is 1.94. The Morgan fingerprint density at radius 1 is 1.29 bits per heavy atom. The molecule has 0 bridgehead atoms. The van der Waals surface area contributed by atoms with Crippen molar-refractivity contribution in [3.8, 4) is 10.6 Å². The molecule has 0 aliphatic carbocycles. The van der Waals surface area contributed by atoms with Crippen LogP contribution in [0.15, 0.2) is 17.8 Å². The predicted molar refractivity (Wildman–Crippen MR) is 82.1 cm³/mol. The first-order valence-electron chi connectivity index (χ1n) is 7.23. The van der Waals surface area contributed by atoms with E-state index in [4.69, 9.17) is 5.73 Å². The third-order valence-electron chi connectivity index (χ3n) is 3.73. The fraction of sp³-hybridized carbons (Fsp3) is 0.500. The van der Waals surface area contributed by atoms with E-state index in [1.54, 1.807) is 11.6 Å². The summed E-state index contributed by atoms with van der Waals surface area (Å²) in [6.07, 6.45) is 7.74. The summed E-state index contributed by atoms with van der Waals surface area (Å²) in [6, 6.07) is 0. The highest BCUT2D eigenvalue weighted by Crippen LogP contribution is 2.23. The Hall–Kier alpha value is -1.73. The monoisotopic (exact) mass is 305 g/mol. The lowest BCUT2D eigenvalue weighted by atomic mass is 10.1. The number of hydrogen-bond acceptors (Lipinski definition) is 5. The van der Waals surface area contributed by atoms with Crippen LogP contribution in [0.2, 0.25) is 0 Å². The van der Waals surface area contributed by atoms with Crippen molar-refractivity contribution in [1.29, 1.82) is 0 Å². The topological polar surface area (TPSA) is 77.0 Å². The van der Waals surface area contributed by atoms with Crippen LogP contribution in [-0.2, 0) is 6.54 Å². The maximum Gasteiger partial charge on any atom is 0.268 e. The van der Waals surface area contributed by atoms with Gasteiger partial charge in [0.1, 0.15) is 10.7 Å². The summed E-state index contributed by atoms with van der Waals surface area (Å²) in [4.78, 5) is 17.8. The van der Waals surface area contributed by atoms with E-state index in [-0.39, 0.29) is 0 Å². The largest absolute Gasteiger partial charge is 0.364 e. The van der Waals surface area contributed by atoms with Crippen molar-refractivity contribution in [2.24, 2.45) is 5.73 Å². The number of carbonyl (C=O) groups excluding carboxylic acids is 1. The van der Waals surface area contributed by atoms with Crippen molar-refractivity contribution < 1.29 is 4.79 Å². The van der Waals surface area contributed by atoms with Gasteiger partial charge in [-0.25, -0.2) is 4.98 Å². The van der Waals surface area contributed by atoms with Crippen LogP contribution in [0.4, 0.5) is 0 Å². The molecule has 1 aliphatic heterocycles. The predicted octanol–water partition coefficient (Wildman–Crippen LogP) is 1.59. The lowest BCUT2D eigenvalue weighted by Crippen LogP contribution is -2.32. The maximum atomic E-state index is 11.1. The molecule has 0 saturated carbocycles. The van der Waals surface area contributed by atoms with E-state index in [0.29, 0.717) is 5.69 Å². The van der Waals surface area contributed by atoms with E-state index < -0.39 is 5.91 Å². The van der Waals surface area contributed by atoms with E-state index in [0.717, 1.165) is 23.7 Å². The molecule has 2 aromatic rings. The molecule has 3 heterocycles. The molecule has 6 nitrogen and oxygen atoms in total. The Morgan fingerprint density at radius 2 is 2.10 bits per heavy atom. The summed E-state index contributed by atoms with van der Waals surface area (Å²) in [6.45, 7) is 4.31. The Labute approximate surface area is 127 Å². The van der Waals surface area contributed by atoms with Crippen LogP contribution in [0.25, 0.3) is 10.6 Å². The van der Waals surface area contributed by atoms with Gasteiger partial charge in [0, 0.05) is 23.7 Å². The molecule has 1 aliphatic rings. The molecule has 3 rings (SSSR count). The Balaban J connectivity index is 1.61. The first kappa shape index (κ1) is 14.2. The smallest absolute Gasteiger partial charge is 0.268 e. The Kier molecular flexibility index (Phi) is 4.31. The second-order valence-corrected chi connectivity index (χ2v) is 6.15. The average Bonchev–Trinajstić information content (AvgIpc) is 3.15. The number of hydrogen-bond donors (Lipinski definition) is 1. The van der Waals surface area contributed by atoms with E-state index in [9.17, 15) is 4.79 Å². The van der Waals surface area contributed by atoms with Gasteiger partial charge in [-0.05, 0) is 25.9 Å². The second kappa shape index (κ2) is 6.36. The van der Waals surface area contributed by atoms with Gasteiger partial charge in [0.25, 0.3) is 5.91 Å². The van der Waals surface area contributed by atoms with E-state index >= 15 is 0 Å². The summed E-state index contributed by atoms with van der Waals surface area (Å²) in [5, 5.41) is 6.84. The third kappa shape index (κ3) is 3.48. The van der Waals surface area contributed by atoms with Crippen molar-refractivity contribution in [2.75, 3.05) is 19.6 Å². The van der Waals surface area contributed by atoms with Crippen LogP contribution in [0.1, 0.15) is 29.8 Å². The molecule has 1 amide bonds. The molecule has 0 aromatic carbocycles. The summed E-state index contributed by atoms with van der Waals surface area (Å²) in [5.74, 6) is -0.491. The zero-order valence-electron chi connectivity index (χ0n) is 11.9. The Morgan fingerprint density at radius 3 is 2.81 bits per heavy atom. The minimum absolute atomic E-state index is 0.316. The van der Waals surface area contributed by atoms with Gasteiger partial charge in [-0.2, -0.15) is 5.10 Å². The van der Waals surface area contributed by atoms with E-state index in [2.05, 4.69) is 15.0 Å². The number of carbonyl (C=O) groups is 1. The van der Waals surface area contributed by atoms with Gasteiger partial charge in [0.15, 0.2) is 0 Å². The molecule has 0 unspecified atom stereocenters. The minimum atomic E-state index is -0.491. The number of likely N-dealkylation sites (tertiary alicyclic amines) is 1. The van der Waals surface area contributed by atoms with Gasteiger partial charge >= 0.3 is 0 Å². The number of aromatic nitrogens is 3. The lowest BCUT2D eigenvalue weighted by molar-refractivity contribution is 0.0996. The number of piperidine rings is 1. The molecular weight excluding hydrogens is 286 g/mol. The van der Waals surface area contributed by atoms with Crippen molar-refractivity contribution >= 4 is 17.2 Å². The lowest BCUT2D eigenvalue weighted by Gasteiger charge is -2.26. The fourth-order valence-electron chi connectivity index (χ4n) is 2.54. The van der Waals surface area contributed by atoms with Gasteiger partial charge in [0.05, 0.1) is 12.7 Å². The zero-order chi connectivity index (χ0) is 14.7. The molecule has 21 heavy (non-hydrogen) atoms. The van der Waals surface area contributed by atoms with E-state index in [1.807, 2.05) is 10.9 Å². The second-order valence-electron chi connectivity index (χ2n) is 5.30. The fourth-order valence-corrected chi connectivity index (χ4v) is 3.33. The van der Waals surface area contributed by atoms with Crippen molar-refractivity contribution in [3.05, 3.63) is 23.5 Å². The molecule has 2 aromatic heterocycles. The molecule has 1 fully saturated rings. The average molecular weight is 305 g/mol. The number of nitrogens with zero attached hydrogens (tertiary/aromatic N) is 4. The van der Waals surface area contributed by atoms with Gasteiger partial charge in [-0.3, -0.25) is 9.48 Å². The van der Waals surface area contributed by atoms with Crippen LogP contribution in [0.5, 0.6) is 0 Å². The van der Waals surface area contributed by atoms with Crippen molar-refractivity contribution in [1.82, 2.24) is 19.7 Å². The van der Waals surface area contributed by atoms with Crippen molar-refractivity contribution in [3.63, 3.8) is 0 Å². The van der Waals surface area contributed by atoms with Gasteiger partial charge in [-0.1, -0.05) is 6.42 Å². The van der Waals surface area contributed by atoms with Crippen molar-refractivity contribution in [2.45, 2.75) is 25.8 Å². The maximum absolute atomic E-state index is 11.1. The molecule has 0 radical (unpaired) electrons. The third-order valence-corrected chi connectivity index (χ3v) is 4.62. The standard InChI is InChI=1S/C14H19N5OS/c15-13(20)12-10-21-14(17-12)11-8-16-19(9-11)7-6-18-4-2-1-3-5-18/h8-10H,1-7H2,(H2,15,20). The number of primary amides is 1. The highest BCUT2D eigenvalue weighted by atomic mass is 32.1. The Bertz CT molecular complexity index is 614. The molecular formula is C14H19N5OS. The number of rotatable bonds is 5. The highest BCUT2D eigenvalue weighted by Gasteiger charge is 2.12. The molecule has 1 saturated heterocycles. The number of thiazole rings is 1. The van der Waals surface area contributed by atoms with Gasteiger partial charge < -0.3 is 10.6 Å². The highest BCUT2D eigenvalue weighted by molar-refractivity contribution is 7.13. The first-order valence-corrected chi connectivity index (χ1v) is 8.11. The summed E-state index contributed by atoms with van der Waals surface area (Å²) in [5.41, 5.74) is 6.47. The van der Waals surface area contributed by atoms with Crippen LogP contribution in [0.3, 0.4) is 0 Å². The zero-order valence-corrected chi connectivity index (χ0v) is 12.7. The van der Waals surface area contributed by atoms with Crippen LogP contribution in [-0.4, -0.2) is 45.2 Å².